The Bertz CT molecular complexity index is 288. The molecule has 0 aromatic carbocycles. The molecule has 4 heteroatoms. The molecule has 1 aliphatic rings. The summed E-state index contributed by atoms with van der Waals surface area (Å²) in [5.41, 5.74) is -0.488. The van der Waals surface area contributed by atoms with Gasteiger partial charge in [0.15, 0.2) is 0 Å². The standard InChI is InChI=1S/C13H25NO3/c1-12(2,3)9-7-14(8-10(9)15)11(16)17-13(4,5)6/h9-10,15H,7-8H2,1-6H3. The zero-order valence-corrected chi connectivity index (χ0v) is 11.8. The SMILES string of the molecule is CC(C)(C)OC(=O)N1CC(O)C(C(C)(C)C)C1. The maximum atomic E-state index is 11.9. The zero-order valence-electron chi connectivity index (χ0n) is 11.8. The first-order valence-corrected chi connectivity index (χ1v) is 6.17. The molecule has 1 rings (SSSR count). The molecule has 1 amide bonds. The van der Waals surface area contributed by atoms with Gasteiger partial charge in [0.1, 0.15) is 5.60 Å². The van der Waals surface area contributed by atoms with E-state index in [4.69, 9.17) is 4.74 Å². The molecule has 4 nitrogen and oxygen atoms in total. The van der Waals surface area contributed by atoms with Crippen LogP contribution >= 0.6 is 0 Å². The number of carbonyl (C=O) groups is 1. The normalized spacial score (nSPS) is 26.2. The molecule has 1 heterocycles. The lowest BCUT2D eigenvalue weighted by Gasteiger charge is -2.29. The number of aliphatic hydroxyl groups is 1. The lowest BCUT2D eigenvalue weighted by atomic mass is 9.79. The number of carbonyl (C=O) groups excluding carboxylic acids is 1. The van der Waals surface area contributed by atoms with Gasteiger partial charge in [0.2, 0.25) is 0 Å². The van der Waals surface area contributed by atoms with Gasteiger partial charge in [-0.1, -0.05) is 20.8 Å². The first-order valence-electron chi connectivity index (χ1n) is 6.17. The van der Waals surface area contributed by atoms with Gasteiger partial charge in [-0.2, -0.15) is 0 Å². The minimum Gasteiger partial charge on any atom is -0.444 e. The van der Waals surface area contributed by atoms with E-state index < -0.39 is 11.7 Å². The molecule has 0 bridgehead atoms. The number of nitrogens with zero attached hydrogens (tertiary/aromatic N) is 1. The van der Waals surface area contributed by atoms with Crippen molar-refractivity contribution in [3.05, 3.63) is 0 Å². The van der Waals surface area contributed by atoms with E-state index in [1.54, 1.807) is 4.90 Å². The quantitative estimate of drug-likeness (QED) is 0.710. The van der Waals surface area contributed by atoms with E-state index >= 15 is 0 Å². The van der Waals surface area contributed by atoms with Gasteiger partial charge in [-0.15, -0.1) is 0 Å². The minimum atomic E-state index is -0.484. The molecule has 1 saturated heterocycles. The lowest BCUT2D eigenvalue weighted by Crippen LogP contribution is -2.36. The fourth-order valence-corrected chi connectivity index (χ4v) is 2.11. The molecule has 1 aliphatic heterocycles. The number of ether oxygens (including phenoxy) is 1. The molecule has 0 aromatic rings. The van der Waals surface area contributed by atoms with Crippen LogP contribution in [0.25, 0.3) is 0 Å². The Morgan fingerprint density at radius 2 is 1.71 bits per heavy atom. The van der Waals surface area contributed by atoms with E-state index in [0.29, 0.717) is 13.1 Å². The van der Waals surface area contributed by atoms with Crippen molar-refractivity contribution < 1.29 is 14.6 Å². The van der Waals surface area contributed by atoms with Crippen LogP contribution in [0, 0.1) is 11.3 Å². The largest absolute Gasteiger partial charge is 0.444 e. The van der Waals surface area contributed by atoms with Crippen LogP contribution in [0.4, 0.5) is 4.79 Å². The summed E-state index contributed by atoms with van der Waals surface area (Å²) in [6.07, 6.45) is -0.786. The summed E-state index contributed by atoms with van der Waals surface area (Å²) in [6, 6.07) is 0. The summed E-state index contributed by atoms with van der Waals surface area (Å²) in [5, 5.41) is 9.99. The zero-order chi connectivity index (χ0) is 13.4. The highest BCUT2D eigenvalue weighted by molar-refractivity contribution is 5.68. The van der Waals surface area contributed by atoms with Gasteiger partial charge >= 0.3 is 6.09 Å². The van der Waals surface area contributed by atoms with Crippen LogP contribution in [0.1, 0.15) is 41.5 Å². The molecule has 0 aromatic heterocycles. The number of β-amino-alcohol motifs (C(OH)–C–C–N with tert-alkyl or cyclic N) is 1. The summed E-state index contributed by atoms with van der Waals surface area (Å²) in [5.74, 6) is 0.106. The predicted molar refractivity (Wildman–Crippen MR) is 66.8 cm³/mol. The van der Waals surface area contributed by atoms with Crippen LogP contribution in [-0.4, -0.2) is 40.9 Å². The van der Waals surface area contributed by atoms with Crippen LogP contribution in [0.5, 0.6) is 0 Å². The van der Waals surface area contributed by atoms with Crippen molar-refractivity contribution in [2.75, 3.05) is 13.1 Å². The Morgan fingerprint density at radius 3 is 2.06 bits per heavy atom. The average Bonchev–Trinajstić information content (AvgIpc) is 2.42. The monoisotopic (exact) mass is 243 g/mol. The summed E-state index contributed by atoms with van der Waals surface area (Å²) in [4.78, 5) is 13.5. The van der Waals surface area contributed by atoms with Crippen molar-refractivity contribution in [2.45, 2.75) is 53.2 Å². The molecule has 0 spiro atoms. The third-order valence-electron chi connectivity index (χ3n) is 3.05. The smallest absolute Gasteiger partial charge is 0.410 e. The molecule has 2 atom stereocenters. The summed E-state index contributed by atoms with van der Waals surface area (Å²) in [7, 11) is 0. The van der Waals surface area contributed by atoms with Crippen LogP contribution in [0.15, 0.2) is 0 Å². The molecule has 100 valence electrons. The second-order valence-corrected chi connectivity index (χ2v) is 6.93. The van der Waals surface area contributed by atoms with Crippen molar-refractivity contribution in [2.24, 2.45) is 11.3 Å². The second kappa shape index (κ2) is 4.48. The van der Waals surface area contributed by atoms with E-state index in [1.807, 2.05) is 20.8 Å². The van der Waals surface area contributed by atoms with Crippen molar-refractivity contribution in [1.82, 2.24) is 4.90 Å². The number of aliphatic hydroxyl groups excluding tert-OH is 1. The number of hydrogen-bond donors (Lipinski definition) is 1. The van der Waals surface area contributed by atoms with Gasteiger partial charge in [0.05, 0.1) is 12.6 Å². The van der Waals surface area contributed by atoms with E-state index in [2.05, 4.69) is 20.8 Å². The van der Waals surface area contributed by atoms with Crippen LogP contribution < -0.4 is 0 Å². The van der Waals surface area contributed by atoms with Crippen LogP contribution in [-0.2, 0) is 4.74 Å². The predicted octanol–water partition coefficient (Wildman–Crippen LogP) is 2.26. The number of hydrogen-bond acceptors (Lipinski definition) is 3. The van der Waals surface area contributed by atoms with Crippen molar-refractivity contribution >= 4 is 6.09 Å². The minimum absolute atomic E-state index is 0.00379. The van der Waals surface area contributed by atoms with Gasteiger partial charge in [0.25, 0.3) is 0 Å². The summed E-state index contributed by atoms with van der Waals surface area (Å²) < 4.78 is 5.31. The summed E-state index contributed by atoms with van der Waals surface area (Å²) in [6.45, 7) is 12.7. The van der Waals surface area contributed by atoms with Crippen LogP contribution in [0.2, 0.25) is 0 Å². The summed E-state index contributed by atoms with van der Waals surface area (Å²) >= 11 is 0. The fourth-order valence-electron chi connectivity index (χ4n) is 2.11. The van der Waals surface area contributed by atoms with Crippen molar-refractivity contribution in [3.63, 3.8) is 0 Å². The van der Waals surface area contributed by atoms with Crippen molar-refractivity contribution in [1.29, 1.82) is 0 Å². The third kappa shape index (κ3) is 3.87. The van der Waals surface area contributed by atoms with E-state index in [0.717, 1.165) is 0 Å². The second-order valence-electron chi connectivity index (χ2n) is 6.93. The number of likely N-dealkylation sites (tertiary alicyclic amines) is 1. The maximum absolute atomic E-state index is 11.9. The van der Waals surface area contributed by atoms with E-state index in [1.165, 1.54) is 0 Å². The Hall–Kier alpha value is -0.770. The molecule has 2 unspecified atom stereocenters. The lowest BCUT2D eigenvalue weighted by molar-refractivity contribution is 0.0269. The first-order chi connectivity index (χ1) is 7.50. The van der Waals surface area contributed by atoms with Gasteiger partial charge in [-0.25, -0.2) is 4.79 Å². The van der Waals surface area contributed by atoms with Crippen molar-refractivity contribution in [3.8, 4) is 0 Å². The maximum Gasteiger partial charge on any atom is 0.410 e. The van der Waals surface area contributed by atoms with Gasteiger partial charge < -0.3 is 14.7 Å². The molecular weight excluding hydrogens is 218 g/mol. The highest BCUT2D eigenvalue weighted by Gasteiger charge is 2.41. The topological polar surface area (TPSA) is 49.8 Å². The molecule has 0 saturated carbocycles. The van der Waals surface area contributed by atoms with E-state index in [-0.39, 0.29) is 17.4 Å². The van der Waals surface area contributed by atoms with Gasteiger partial charge in [-0.05, 0) is 26.2 Å². The Kier molecular flexibility index (Phi) is 3.77. The van der Waals surface area contributed by atoms with E-state index in [9.17, 15) is 9.90 Å². The number of amides is 1. The van der Waals surface area contributed by atoms with Crippen LogP contribution in [0.3, 0.4) is 0 Å². The van der Waals surface area contributed by atoms with Gasteiger partial charge in [0, 0.05) is 12.5 Å². The Morgan fingerprint density at radius 1 is 1.18 bits per heavy atom. The third-order valence-corrected chi connectivity index (χ3v) is 3.05. The molecule has 1 fully saturated rings. The first kappa shape index (κ1) is 14.3. The molecule has 1 N–H and O–H groups in total. The molecule has 17 heavy (non-hydrogen) atoms. The molecular formula is C13H25NO3. The number of rotatable bonds is 0. The highest BCUT2D eigenvalue weighted by atomic mass is 16.6. The Balaban J connectivity index is 2.63. The fraction of sp³-hybridized carbons (Fsp3) is 0.923. The highest BCUT2D eigenvalue weighted by Crippen LogP contribution is 2.34. The molecule has 0 radical (unpaired) electrons. The molecule has 0 aliphatic carbocycles. The van der Waals surface area contributed by atoms with Gasteiger partial charge in [-0.3, -0.25) is 0 Å². The Labute approximate surface area is 104 Å². The average molecular weight is 243 g/mol.